The second-order valence-electron chi connectivity index (χ2n) is 5.24. The van der Waals surface area contributed by atoms with Gasteiger partial charge in [0.05, 0.1) is 5.02 Å². The van der Waals surface area contributed by atoms with Crippen molar-refractivity contribution in [1.29, 1.82) is 0 Å². The highest BCUT2D eigenvalue weighted by molar-refractivity contribution is 7.99. The van der Waals surface area contributed by atoms with Gasteiger partial charge < -0.3 is 0 Å². The fourth-order valence-corrected chi connectivity index (χ4v) is 5.40. The van der Waals surface area contributed by atoms with Crippen molar-refractivity contribution in [3.63, 3.8) is 0 Å². The predicted octanol–water partition coefficient (Wildman–Crippen LogP) is 5.07. The molecule has 0 spiro atoms. The summed E-state index contributed by atoms with van der Waals surface area (Å²) in [6.07, 6.45) is 2.26. The van der Waals surface area contributed by atoms with Gasteiger partial charge in [-0.25, -0.2) is 17.8 Å². The summed E-state index contributed by atoms with van der Waals surface area (Å²) in [7, 11) is -4.09. The quantitative estimate of drug-likeness (QED) is 0.533. The number of halogens is 2. The first-order valence-corrected chi connectivity index (χ1v) is 11.3. The van der Waals surface area contributed by atoms with Crippen LogP contribution >= 0.6 is 34.7 Å². The number of sulfonamides is 1. The van der Waals surface area contributed by atoms with Crippen LogP contribution < -0.4 is 4.72 Å². The molecule has 0 aliphatic heterocycles. The lowest BCUT2D eigenvalue weighted by atomic mass is 10.2. The van der Waals surface area contributed by atoms with Crippen molar-refractivity contribution < 1.29 is 12.8 Å². The Morgan fingerprint density at radius 1 is 1.23 bits per heavy atom. The molecule has 2 aromatic carbocycles. The molecule has 136 valence electrons. The number of thiazole rings is 1. The Balaban J connectivity index is 1.73. The first-order chi connectivity index (χ1) is 12.5. The van der Waals surface area contributed by atoms with E-state index in [1.807, 2.05) is 30.3 Å². The van der Waals surface area contributed by atoms with E-state index in [0.717, 1.165) is 29.9 Å². The number of hydrogen-bond acceptors (Lipinski definition) is 5. The number of thioether (sulfide) groups is 1. The van der Waals surface area contributed by atoms with Gasteiger partial charge in [0, 0.05) is 22.2 Å². The molecule has 9 heteroatoms. The molecular formula is C17H14ClFN2O2S3. The van der Waals surface area contributed by atoms with Gasteiger partial charge in [-0.3, -0.25) is 4.72 Å². The average Bonchev–Trinajstić information content (AvgIpc) is 3.10. The van der Waals surface area contributed by atoms with E-state index in [-0.39, 0.29) is 10.2 Å². The Morgan fingerprint density at radius 3 is 2.69 bits per heavy atom. The zero-order valence-corrected chi connectivity index (χ0v) is 16.6. The summed E-state index contributed by atoms with van der Waals surface area (Å²) in [6.45, 7) is 0. The Labute approximate surface area is 164 Å². The number of rotatable bonds is 7. The Hall–Kier alpha value is -1.61. The molecule has 4 nitrogen and oxygen atoms in total. The van der Waals surface area contributed by atoms with E-state index >= 15 is 0 Å². The van der Waals surface area contributed by atoms with E-state index < -0.39 is 20.7 Å². The van der Waals surface area contributed by atoms with Crippen molar-refractivity contribution in [2.24, 2.45) is 0 Å². The minimum atomic E-state index is -4.09. The van der Waals surface area contributed by atoms with Crippen molar-refractivity contribution >= 4 is 49.9 Å². The molecule has 0 bridgehead atoms. The van der Waals surface area contributed by atoms with Crippen LogP contribution in [0.3, 0.4) is 0 Å². The average molecular weight is 429 g/mol. The zero-order chi connectivity index (χ0) is 18.6. The molecule has 0 fully saturated rings. The van der Waals surface area contributed by atoms with E-state index in [2.05, 4.69) is 9.71 Å². The monoisotopic (exact) mass is 428 g/mol. The molecule has 26 heavy (non-hydrogen) atoms. The van der Waals surface area contributed by atoms with Crippen LogP contribution in [0.25, 0.3) is 0 Å². The highest BCUT2D eigenvalue weighted by Gasteiger charge is 2.22. The van der Waals surface area contributed by atoms with E-state index in [1.54, 1.807) is 5.38 Å². The molecule has 0 unspecified atom stereocenters. The lowest BCUT2D eigenvalue weighted by molar-refractivity contribution is 0.568. The van der Waals surface area contributed by atoms with Gasteiger partial charge in [-0.1, -0.05) is 41.9 Å². The molecular weight excluding hydrogens is 415 g/mol. The minimum Gasteiger partial charge on any atom is -0.255 e. The topological polar surface area (TPSA) is 59.1 Å². The van der Waals surface area contributed by atoms with E-state index in [4.69, 9.17) is 11.6 Å². The predicted molar refractivity (Wildman–Crippen MR) is 105 cm³/mol. The minimum absolute atomic E-state index is 0.168. The molecule has 0 radical (unpaired) electrons. The van der Waals surface area contributed by atoms with Gasteiger partial charge >= 0.3 is 0 Å². The van der Waals surface area contributed by atoms with Gasteiger partial charge in [-0.15, -0.1) is 23.1 Å². The number of aromatic nitrogens is 1. The highest BCUT2D eigenvalue weighted by Crippen LogP contribution is 2.32. The van der Waals surface area contributed by atoms with Gasteiger partial charge in [-0.2, -0.15) is 0 Å². The maximum absolute atomic E-state index is 14.4. The third kappa shape index (κ3) is 4.76. The second-order valence-corrected chi connectivity index (χ2v) is 9.33. The molecule has 0 saturated carbocycles. The summed E-state index contributed by atoms with van der Waals surface area (Å²) in [4.78, 5) is 3.85. The normalized spacial score (nSPS) is 11.5. The van der Waals surface area contributed by atoms with Gasteiger partial charge in [0.2, 0.25) is 0 Å². The number of nitrogens with zero attached hydrogens (tertiary/aromatic N) is 1. The van der Waals surface area contributed by atoms with Gasteiger partial charge in [0.1, 0.15) is 10.7 Å². The van der Waals surface area contributed by atoms with Crippen LogP contribution in [-0.4, -0.2) is 19.2 Å². The molecule has 0 aliphatic carbocycles. The fraction of sp³-hybridized carbons (Fsp3) is 0.118. The summed E-state index contributed by atoms with van der Waals surface area (Å²) in [6, 6.07) is 12.2. The zero-order valence-electron chi connectivity index (χ0n) is 13.4. The standard InChI is InChI=1S/C17H14ClFN2O2S3/c18-13-10-16(26(22,23)21-17-20-7-9-25-17)14(19)11-15(13)24-8-6-12-4-2-1-3-5-12/h1-5,7,9-11H,6,8H2,(H,20,21). The lowest BCUT2D eigenvalue weighted by Gasteiger charge is -2.10. The molecule has 1 N–H and O–H groups in total. The Morgan fingerprint density at radius 2 is 2.00 bits per heavy atom. The Bertz CT molecular complexity index is 981. The summed E-state index contributed by atoms with van der Waals surface area (Å²) in [5.41, 5.74) is 1.17. The van der Waals surface area contributed by atoms with Crippen molar-refractivity contribution in [2.75, 3.05) is 10.5 Å². The van der Waals surface area contributed by atoms with Crippen LogP contribution in [0.1, 0.15) is 5.56 Å². The van der Waals surface area contributed by atoms with Gasteiger partial charge in [0.25, 0.3) is 10.0 Å². The first kappa shape index (κ1) is 19.2. The third-order valence-electron chi connectivity index (χ3n) is 3.42. The molecule has 1 aromatic heterocycles. The van der Waals surface area contributed by atoms with Crippen molar-refractivity contribution in [1.82, 2.24) is 4.98 Å². The maximum atomic E-state index is 14.4. The van der Waals surface area contributed by atoms with Crippen molar-refractivity contribution in [3.05, 3.63) is 70.4 Å². The highest BCUT2D eigenvalue weighted by atomic mass is 35.5. The van der Waals surface area contributed by atoms with E-state index in [9.17, 15) is 12.8 Å². The number of aryl methyl sites for hydroxylation is 1. The maximum Gasteiger partial charge on any atom is 0.266 e. The molecule has 1 heterocycles. The number of benzene rings is 2. The second kappa shape index (κ2) is 8.39. The van der Waals surface area contributed by atoms with Crippen LogP contribution in [0.4, 0.5) is 9.52 Å². The van der Waals surface area contributed by atoms with Crippen molar-refractivity contribution in [3.8, 4) is 0 Å². The van der Waals surface area contributed by atoms with E-state index in [0.29, 0.717) is 10.6 Å². The largest absolute Gasteiger partial charge is 0.266 e. The summed E-state index contributed by atoms with van der Waals surface area (Å²) < 4.78 is 41.3. The molecule has 3 aromatic rings. The number of nitrogens with one attached hydrogen (secondary N) is 1. The smallest absolute Gasteiger partial charge is 0.255 e. The SMILES string of the molecule is O=S(=O)(Nc1nccs1)c1cc(Cl)c(SCCc2ccccc2)cc1F. The molecule has 0 amide bonds. The van der Waals surface area contributed by atoms with Crippen LogP contribution in [0.5, 0.6) is 0 Å². The van der Waals surface area contributed by atoms with Crippen LogP contribution in [-0.2, 0) is 16.4 Å². The van der Waals surface area contributed by atoms with Gasteiger partial charge in [0.15, 0.2) is 5.13 Å². The van der Waals surface area contributed by atoms with E-state index in [1.165, 1.54) is 23.5 Å². The number of hydrogen-bond donors (Lipinski definition) is 1. The molecule has 0 aliphatic rings. The number of anilines is 1. The third-order valence-corrected chi connectivity index (χ3v) is 7.07. The summed E-state index contributed by atoms with van der Waals surface area (Å²) in [5.74, 6) is -0.146. The molecule has 3 rings (SSSR count). The summed E-state index contributed by atoms with van der Waals surface area (Å²) >= 11 is 8.67. The van der Waals surface area contributed by atoms with Crippen LogP contribution in [0.2, 0.25) is 5.02 Å². The van der Waals surface area contributed by atoms with Gasteiger partial charge in [-0.05, 0) is 24.1 Å². The van der Waals surface area contributed by atoms with Crippen LogP contribution in [0, 0.1) is 5.82 Å². The molecule has 0 saturated heterocycles. The lowest BCUT2D eigenvalue weighted by Crippen LogP contribution is -2.14. The Kier molecular flexibility index (Phi) is 6.18. The first-order valence-electron chi connectivity index (χ1n) is 7.54. The fourth-order valence-electron chi connectivity index (χ4n) is 2.19. The van der Waals surface area contributed by atoms with Crippen molar-refractivity contribution in [2.45, 2.75) is 16.2 Å². The van der Waals surface area contributed by atoms with Crippen LogP contribution in [0.15, 0.2) is 63.8 Å². The summed E-state index contributed by atoms with van der Waals surface area (Å²) in [5, 5.41) is 1.99. The molecule has 0 atom stereocenters.